The van der Waals surface area contributed by atoms with E-state index >= 15 is 0 Å². The van der Waals surface area contributed by atoms with Crippen molar-refractivity contribution in [1.29, 1.82) is 0 Å². The molecule has 0 aliphatic heterocycles. The Morgan fingerprint density at radius 1 is 0.250 bits per heavy atom. The van der Waals surface area contributed by atoms with Crippen molar-refractivity contribution in [3.05, 3.63) is 176 Å². The molecule has 0 spiro atoms. The third kappa shape index (κ3) is 4.99. The second-order valence-corrected chi connectivity index (χ2v) is 12.0. The molecule has 48 heavy (non-hydrogen) atoms. The average Bonchev–Trinajstić information content (AvgIpc) is 3.17. The first-order valence-corrected chi connectivity index (χ1v) is 16.2. The van der Waals surface area contributed by atoms with Crippen LogP contribution in [0.4, 0.5) is 0 Å². The maximum atomic E-state index is 5.07. The summed E-state index contributed by atoms with van der Waals surface area (Å²) in [5.41, 5.74) is 7.51. The van der Waals surface area contributed by atoms with Gasteiger partial charge in [-0.25, -0.2) is 15.0 Å². The zero-order chi connectivity index (χ0) is 31.9. The molecular formula is C45H29N3. The monoisotopic (exact) mass is 611 g/mol. The van der Waals surface area contributed by atoms with E-state index in [0.717, 1.165) is 27.8 Å². The van der Waals surface area contributed by atoms with Crippen LogP contribution in [0.1, 0.15) is 0 Å². The minimum atomic E-state index is 0.643. The Labute approximate surface area is 278 Å². The summed E-state index contributed by atoms with van der Waals surface area (Å²) in [4.78, 5) is 15.1. The maximum absolute atomic E-state index is 5.07. The zero-order valence-corrected chi connectivity index (χ0v) is 26.1. The second-order valence-electron chi connectivity index (χ2n) is 12.0. The summed E-state index contributed by atoms with van der Waals surface area (Å²) in [6, 6.07) is 61.7. The fraction of sp³-hybridized carbons (Fsp3) is 0. The van der Waals surface area contributed by atoms with Crippen LogP contribution in [0, 0.1) is 0 Å². The van der Waals surface area contributed by atoms with Crippen molar-refractivity contribution in [1.82, 2.24) is 15.0 Å². The molecule has 0 atom stereocenters. The van der Waals surface area contributed by atoms with Gasteiger partial charge in [-0.1, -0.05) is 164 Å². The van der Waals surface area contributed by atoms with E-state index in [9.17, 15) is 0 Å². The van der Waals surface area contributed by atoms with E-state index in [0.29, 0.717) is 17.5 Å². The Kier molecular flexibility index (Phi) is 6.80. The summed E-state index contributed by atoms with van der Waals surface area (Å²) in [6.07, 6.45) is 0. The molecule has 1 heterocycles. The third-order valence-corrected chi connectivity index (χ3v) is 9.11. The van der Waals surface area contributed by atoms with Crippen LogP contribution >= 0.6 is 0 Å². The molecule has 9 aromatic rings. The Hall–Kier alpha value is -6.45. The second kappa shape index (κ2) is 11.7. The average molecular weight is 612 g/mol. The Balaban J connectivity index is 1.16. The molecule has 0 saturated heterocycles. The van der Waals surface area contributed by atoms with Crippen molar-refractivity contribution in [2.45, 2.75) is 0 Å². The number of rotatable bonds is 5. The molecule has 0 fully saturated rings. The molecule has 1 aromatic heterocycles. The number of hydrogen-bond donors (Lipinski definition) is 0. The van der Waals surface area contributed by atoms with Crippen LogP contribution in [0.2, 0.25) is 0 Å². The summed E-state index contributed by atoms with van der Waals surface area (Å²) in [7, 11) is 0. The van der Waals surface area contributed by atoms with Crippen molar-refractivity contribution >= 4 is 32.3 Å². The van der Waals surface area contributed by atoms with Crippen LogP contribution < -0.4 is 0 Å². The largest absolute Gasteiger partial charge is 0.208 e. The zero-order valence-electron chi connectivity index (χ0n) is 26.1. The van der Waals surface area contributed by atoms with Crippen molar-refractivity contribution in [2.75, 3.05) is 0 Å². The first kappa shape index (κ1) is 27.8. The standard InChI is InChI=1S/C45H29N3/c1-2-13-32(14-3-1)43-46-44(48-45(47-43)36-18-10-17-34(28-36)38-23-11-16-30-12-4-6-19-37(30)38)33-26-24-31(25-27-33)42-29-35-15-5-7-20-39(35)40-21-8-9-22-41(40)42/h1-29H. The summed E-state index contributed by atoms with van der Waals surface area (Å²) in [5, 5.41) is 7.44. The van der Waals surface area contributed by atoms with Crippen molar-refractivity contribution in [2.24, 2.45) is 0 Å². The number of benzene rings is 8. The van der Waals surface area contributed by atoms with Gasteiger partial charge in [-0.3, -0.25) is 0 Å². The quantitative estimate of drug-likeness (QED) is 0.182. The van der Waals surface area contributed by atoms with Crippen molar-refractivity contribution in [3.8, 4) is 56.4 Å². The lowest BCUT2D eigenvalue weighted by Gasteiger charge is -2.12. The predicted octanol–water partition coefficient (Wildman–Crippen LogP) is 11.7. The van der Waals surface area contributed by atoms with Crippen LogP contribution in [0.3, 0.4) is 0 Å². The Morgan fingerprint density at radius 3 is 1.52 bits per heavy atom. The molecule has 3 heteroatoms. The fourth-order valence-corrected chi connectivity index (χ4v) is 6.75. The molecule has 0 aliphatic carbocycles. The third-order valence-electron chi connectivity index (χ3n) is 9.11. The highest BCUT2D eigenvalue weighted by Gasteiger charge is 2.15. The lowest BCUT2D eigenvalue weighted by molar-refractivity contribution is 1.07. The first-order valence-electron chi connectivity index (χ1n) is 16.2. The van der Waals surface area contributed by atoms with Crippen LogP contribution in [0.5, 0.6) is 0 Å². The normalized spacial score (nSPS) is 11.3. The van der Waals surface area contributed by atoms with Crippen molar-refractivity contribution < 1.29 is 0 Å². The van der Waals surface area contributed by atoms with Gasteiger partial charge in [0.15, 0.2) is 17.5 Å². The Bertz CT molecular complexity index is 2600. The van der Waals surface area contributed by atoms with Gasteiger partial charge in [0.05, 0.1) is 0 Å². The minimum Gasteiger partial charge on any atom is -0.208 e. The maximum Gasteiger partial charge on any atom is 0.164 e. The summed E-state index contributed by atoms with van der Waals surface area (Å²) in [5.74, 6) is 1.94. The van der Waals surface area contributed by atoms with Gasteiger partial charge in [-0.15, -0.1) is 0 Å². The van der Waals surface area contributed by atoms with Gasteiger partial charge >= 0.3 is 0 Å². The van der Waals surface area contributed by atoms with Gasteiger partial charge in [0.2, 0.25) is 0 Å². The highest BCUT2D eigenvalue weighted by molar-refractivity contribution is 6.13. The molecule has 0 aliphatic rings. The molecule has 0 radical (unpaired) electrons. The lowest BCUT2D eigenvalue weighted by Crippen LogP contribution is -2.00. The highest BCUT2D eigenvalue weighted by atomic mass is 15.0. The molecular weight excluding hydrogens is 583 g/mol. The molecule has 8 aromatic carbocycles. The SMILES string of the molecule is c1ccc(-c2nc(-c3ccc(-c4cc5ccccc5c5ccccc45)cc3)nc(-c3cccc(-c4cccc5ccccc45)c3)n2)cc1. The molecule has 3 nitrogen and oxygen atoms in total. The van der Waals surface area contributed by atoms with Crippen LogP contribution in [0.25, 0.3) is 88.7 Å². The number of nitrogens with zero attached hydrogens (tertiary/aromatic N) is 3. The lowest BCUT2D eigenvalue weighted by atomic mass is 9.93. The fourth-order valence-electron chi connectivity index (χ4n) is 6.75. The summed E-state index contributed by atoms with van der Waals surface area (Å²) < 4.78 is 0. The van der Waals surface area contributed by atoms with Gasteiger partial charge < -0.3 is 0 Å². The van der Waals surface area contributed by atoms with E-state index in [-0.39, 0.29) is 0 Å². The van der Waals surface area contributed by atoms with Gasteiger partial charge in [0.1, 0.15) is 0 Å². The van der Waals surface area contributed by atoms with Gasteiger partial charge in [-0.2, -0.15) is 0 Å². The van der Waals surface area contributed by atoms with Crippen LogP contribution in [0.15, 0.2) is 176 Å². The molecule has 0 saturated carbocycles. The van der Waals surface area contributed by atoms with Gasteiger partial charge in [-0.05, 0) is 66.7 Å². The first-order chi connectivity index (χ1) is 23.8. The molecule has 0 amide bonds. The molecule has 0 bridgehead atoms. The smallest absolute Gasteiger partial charge is 0.164 e. The summed E-state index contributed by atoms with van der Waals surface area (Å²) in [6.45, 7) is 0. The van der Waals surface area contributed by atoms with E-state index in [1.54, 1.807) is 0 Å². The molecule has 9 rings (SSSR count). The highest BCUT2D eigenvalue weighted by Crippen LogP contribution is 2.36. The number of fused-ring (bicyclic) bond motifs is 4. The predicted molar refractivity (Wildman–Crippen MR) is 200 cm³/mol. The number of hydrogen-bond acceptors (Lipinski definition) is 3. The summed E-state index contributed by atoms with van der Waals surface area (Å²) >= 11 is 0. The van der Waals surface area contributed by atoms with E-state index in [4.69, 9.17) is 15.0 Å². The van der Waals surface area contributed by atoms with E-state index in [2.05, 4.69) is 146 Å². The van der Waals surface area contributed by atoms with Crippen LogP contribution in [-0.4, -0.2) is 15.0 Å². The molecule has 0 unspecified atom stereocenters. The van der Waals surface area contributed by atoms with Gasteiger partial charge in [0, 0.05) is 16.7 Å². The number of aromatic nitrogens is 3. The Morgan fingerprint density at radius 2 is 0.750 bits per heavy atom. The van der Waals surface area contributed by atoms with Crippen LogP contribution in [-0.2, 0) is 0 Å². The van der Waals surface area contributed by atoms with Crippen molar-refractivity contribution in [3.63, 3.8) is 0 Å². The molecule has 224 valence electrons. The van der Waals surface area contributed by atoms with E-state index < -0.39 is 0 Å². The van der Waals surface area contributed by atoms with E-state index in [1.807, 2.05) is 30.3 Å². The topological polar surface area (TPSA) is 38.7 Å². The molecule has 0 N–H and O–H groups in total. The minimum absolute atomic E-state index is 0.643. The van der Waals surface area contributed by atoms with Gasteiger partial charge in [0.25, 0.3) is 0 Å². The van der Waals surface area contributed by atoms with E-state index in [1.165, 1.54) is 43.4 Å².